The number of aryl methyl sites for hydroxylation is 3. The van der Waals surface area contributed by atoms with E-state index < -0.39 is 7.14 Å². The third-order valence-corrected chi connectivity index (χ3v) is 9.92. The van der Waals surface area contributed by atoms with Gasteiger partial charge < -0.3 is 19.9 Å². The summed E-state index contributed by atoms with van der Waals surface area (Å²) in [5, 5.41) is 7.84. The Kier molecular flexibility index (Phi) is 6.98. The Morgan fingerprint density at radius 2 is 1.76 bits per heavy atom. The van der Waals surface area contributed by atoms with Crippen LogP contribution in [0.15, 0.2) is 42.6 Å². The Morgan fingerprint density at radius 1 is 1.00 bits per heavy atom. The first-order chi connectivity index (χ1) is 18.2. The highest BCUT2D eigenvalue weighted by atomic mass is 35.5. The first kappa shape index (κ1) is 25.8. The summed E-state index contributed by atoms with van der Waals surface area (Å²) in [4.78, 5) is 11.8. The Morgan fingerprint density at radius 3 is 2.50 bits per heavy atom. The monoisotopic (exact) mass is 551 g/mol. The van der Waals surface area contributed by atoms with Crippen molar-refractivity contribution in [2.75, 3.05) is 37.2 Å². The molecule has 3 atom stereocenters. The van der Waals surface area contributed by atoms with Crippen molar-refractivity contribution < 1.29 is 9.30 Å². The molecule has 0 spiro atoms. The van der Waals surface area contributed by atoms with Gasteiger partial charge in [-0.1, -0.05) is 29.3 Å². The Labute approximate surface area is 229 Å². The maximum atomic E-state index is 12.9. The fourth-order valence-corrected chi connectivity index (χ4v) is 7.56. The molecule has 2 bridgehead atoms. The maximum Gasteiger partial charge on any atom is 0.229 e. The lowest BCUT2D eigenvalue weighted by molar-refractivity contribution is -0.148. The number of halogens is 1. The first-order valence-electron chi connectivity index (χ1n) is 13.4. The largest absolute Gasteiger partial charge is 0.378 e. The summed E-state index contributed by atoms with van der Waals surface area (Å²) in [6.07, 6.45) is 7.48. The van der Waals surface area contributed by atoms with Gasteiger partial charge in [-0.15, -0.1) is 0 Å². The second-order valence-electron chi connectivity index (χ2n) is 11.3. The van der Waals surface area contributed by atoms with Crippen LogP contribution in [0.3, 0.4) is 0 Å². The zero-order chi connectivity index (χ0) is 26.4. The average molecular weight is 552 g/mol. The van der Waals surface area contributed by atoms with E-state index in [-0.39, 0.29) is 0 Å². The molecule has 3 aliphatic rings. The Balaban J connectivity index is 1.18. The minimum Gasteiger partial charge on any atom is -0.378 e. The second kappa shape index (κ2) is 10.3. The molecule has 0 radical (unpaired) electrons. The summed E-state index contributed by atoms with van der Waals surface area (Å²) >= 11 is 6.45. The number of nitrogens with zero attached hydrogens (tertiary/aromatic N) is 3. The van der Waals surface area contributed by atoms with Crippen molar-refractivity contribution in [3.63, 3.8) is 0 Å². The number of benzene rings is 2. The van der Waals surface area contributed by atoms with Crippen LogP contribution in [-0.4, -0.2) is 59.5 Å². The number of anilines is 4. The quantitative estimate of drug-likeness (QED) is 0.292. The predicted octanol–water partition coefficient (Wildman–Crippen LogP) is 5.89. The Hall–Kier alpha value is -2.44. The van der Waals surface area contributed by atoms with E-state index in [9.17, 15) is 4.57 Å². The summed E-state index contributed by atoms with van der Waals surface area (Å²) < 4.78 is 18.6. The molecular weight excluding hydrogens is 517 g/mol. The minimum absolute atomic E-state index is 0.401. The van der Waals surface area contributed by atoms with Gasteiger partial charge in [-0.25, -0.2) is 4.98 Å². The van der Waals surface area contributed by atoms with Crippen molar-refractivity contribution in [3.8, 4) is 0 Å². The van der Waals surface area contributed by atoms with Gasteiger partial charge in [0, 0.05) is 29.1 Å². The van der Waals surface area contributed by atoms with E-state index >= 15 is 0 Å². The molecule has 38 heavy (non-hydrogen) atoms. The van der Waals surface area contributed by atoms with Crippen molar-refractivity contribution in [2.45, 2.75) is 57.2 Å². The number of hydrogen-bond acceptors (Lipinski definition) is 7. The molecule has 9 heteroatoms. The van der Waals surface area contributed by atoms with E-state index in [4.69, 9.17) is 16.3 Å². The van der Waals surface area contributed by atoms with E-state index in [0.29, 0.717) is 34.9 Å². The minimum atomic E-state index is -2.51. The molecule has 6 rings (SSSR count). The summed E-state index contributed by atoms with van der Waals surface area (Å²) in [5.41, 5.74) is 5.61. The lowest BCUT2D eigenvalue weighted by Crippen LogP contribution is -2.66. The van der Waals surface area contributed by atoms with E-state index in [1.54, 1.807) is 19.5 Å². The molecule has 2 saturated heterocycles. The van der Waals surface area contributed by atoms with Gasteiger partial charge in [0.05, 0.1) is 25.1 Å². The molecule has 2 N–H and O–H groups in total. The van der Waals surface area contributed by atoms with Gasteiger partial charge in [-0.05, 0) is 87.7 Å². The van der Waals surface area contributed by atoms with Crippen LogP contribution in [0.1, 0.15) is 36.0 Å². The number of hydrogen-bond donors (Lipinski definition) is 2. The van der Waals surface area contributed by atoms with E-state index in [0.717, 1.165) is 48.3 Å². The molecule has 1 aliphatic carbocycles. The van der Waals surface area contributed by atoms with Gasteiger partial charge in [0.2, 0.25) is 5.95 Å². The van der Waals surface area contributed by atoms with Gasteiger partial charge in [0.1, 0.15) is 12.2 Å². The van der Waals surface area contributed by atoms with Gasteiger partial charge in [-0.2, -0.15) is 4.98 Å². The van der Waals surface area contributed by atoms with Crippen molar-refractivity contribution in [3.05, 3.63) is 64.3 Å². The number of nitrogens with one attached hydrogen (secondary N) is 2. The molecular formula is C29H35ClN5O2P. The zero-order valence-corrected chi connectivity index (χ0v) is 23.9. The summed E-state index contributed by atoms with van der Waals surface area (Å²) in [7, 11) is -2.51. The van der Waals surface area contributed by atoms with Crippen LogP contribution >= 0.6 is 18.7 Å². The van der Waals surface area contributed by atoms with Gasteiger partial charge in [0.25, 0.3) is 0 Å². The number of fused-ring (bicyclic) bond motifs is 3. The maximum absolute atomic E-state index is 12.9. The van der Waals surface area contributed by atoms with Crippen LogP contribution in [0.25, 0.3) is 0 Å². The van der Waals surface area contributed by atoms with Gasteiger partial charge >= 0.3 is 0 Å². The SMILES string of the molecule is Cc1ccc(Nc2nc(Nc3ccc4c(c3)CC[C@@H](N3C5COCC3C5)CC4)ncc2Cl)c(P(C)(C)=O)c1. The van der Waals surface area contributed by atoms with Crippen molar-refractivity contribution >= 4 is 47.2 Å². The number of rotatable bonds is 6. The molecule has 7 nitrogen and oxygen atoms in total. The highest BCUT2D eigenvalue weighted by Gasteiger charge is 2.45. The van der Waals surface area contributed by atoms with Crippen LogP contribution in [0.2, 0.25) is 5.02 Å². The highest BCUT2D eigenvalue weighted by Crippen LogP contribution is 2.40. The predicted molar refractivity (Wildman–Crippen MR) is 156 cm³/mol. The lowest BCUT2D eigenvalue weighted by atomic mass is 9.87. The molecule has 200 valence electrons. The van der Waals surface area contributed by atoms with E-state index in [1.807, 2.05) is 25.1 Å². The van der Waals surface area contributed by atoms with E-state index in [1.165, 1.54) is 30.4 Å². The topological polar surface area (TPSA) is 79.4 Å². The fraction of sp³-hybridized carbons (Fsp3) is 0.448. The van der Waals surface area contributed by atoms with Crippen LogP contribution in [-0.2, 0) is 22.1 Å². The highest BCUT2D eigenvalue weighted by molar-refractivity contribution is 7.70. The number of aromatic nitrogens is 2. The smallest absolute Gasteiger partial charge is 0.229 e. The number of morpholine rings is 1. The lowest BCUT2D eigenvalue weighted by Gasteiger charge is -2.56. The molecule has 3 aromatic rings. The van der Waals surface area contributed by atoms with Crippen LogP contribution in [0.5, 0.6) is 0 Å². The van der Waals surface area contributed by atoms with Crippen LogP contribution < -0.4 is 15.9 Å². The fourth-order valence-electron chi connectivity index (χ4n) is 6.19. The molecule has 0 amide bonds. The average Bonchev–Trinajstić information content (AvgIpc) is 3.09. The third-order valence-electron chi connectivity index (χ3n) is 8.12. The third kappa shape index (κ3) is 5.22. The molecule has 0 saturated carbocycles. The number of ether oxygens (including phenoxy) is 1. The summed E-state index contributed by atoms with van der Waals surface area (Å²) in [6.45, 7) is 7.33. The van der Waals surface area contributed by atoms with Crippen molar-refractivity contribution in [1.82, 2.24) is 14.9 Å². The zero-order valence-electron chi connectivity index (χ0n) is 22.2. The Bertz CT molecular complexity index is 1400. The normalized spacial score (nSPS) is 23.2. The summed E-state index contributed by atoms with van der Waals surface area (Å²) in [5.74, 6) is 0.936. The van der Waals surface area contributed by atoms with E-state index in [2.05, 4.69) is 43.7 Å². The van der Waals surface area contributed by atoms with Crippen molar-refractivity contribution in [2.24, 2.45) is 0 Å². The summed E-state index contributed by atoms with van der Waals surface area (Å²) in [6, 6.07) is 14.4. The van der Waals surface area contributed by atoms with Gasteiger partial charge in [-0.3, -0.25) is 4.90 Å². The first-order valence-corrected chi connectivity index (χ1v) is 16.4. The molecule has 3 heterocycles. The van der Waals surface area contributed by atoms with Crippen LogP contribution in [0.4, 0.5) is 23.1 Å². The van der Waals surface area contributed by atoms with Crippen molar-refractivity contribution in [1.29, 1.82) is 0 Å². The standard InChI is InChI=1S/C29H35ClN5O2P/c1-18-4-11-26(27(12-18)38(2,3)36)33-28-25(30)15-31-29(34-28)32-21-8-5-19-6-9-22(10-7-20(19)13-21)35-23-14-24(35)17-37-16-23/h4-5,8,11-13,15,22-24H,6-7,9-10,14,16-17H2,1-3H3,(H2,31,32,33,34)/t22-,23?,24?/m0/s1. The molecule has 1 aromatic heterocycles. The second-order valence-corrected chi connectivity index (χ2v) is 14.8. The molecule has 2 aliphatic heterocycles. The van der Waals surface area contributed by atoms with Crippen LogP contribution in [0, 0.1) is 6.92 Å². The molecule has 2 aromatic carbocycles. The molecule has 2 unspecified atom stereocenters. The van der Waals surface area contributed by atoms with Gasteiger partial charge in [0.15, 0.2) is 5.82 Å². The molecule has 2 fully saturated rings.